The van der Waals surface area contributed by atoms with Gasteiger partial charge in [-0.25, -0.2) is 0 Å². The van der Waals surface area contributed by atoms with Crippen LogP contribution in [-0.2, 0) is 13.1 Å². The molecule has 0 spiro atoms. The van der Waals surface area contributed by atoms with E-state index in [0.29, 0.717) is 10.0 Å². The third-order valence-corrected chi connectivity index (χ3v) is 5.34. The van der Waals surface area contributed by atoms with Crippen LogP contribution < -0.4 is 5.32 Å². The van der Waals surface area contributed by atoms with Gasteiger partial charge in [-0.1, -0.05) is 73.7 Å². The Labute approximate surface area is 166 Å². The van der Waals surface area contributed by atoms with Crippen molar-refractivity contribution in [1.29, 1.82) is 0 Å². The van der Waals surface area contributed by atoms with Crippen LogP contribution in [-0.4, -0.2) is 11.1 Å². The SMILES string of the molecule is CCCCCCNCc1cn(Cc2ccc(Cl)cc2Cl)c2ccccc12. The number of rotatable bonds is 9. The number of halogens is 2. The van der Waals surface area contributed by atoms with E-state index in [2.05, 4.69) is 47.3 Å². The van der Waals surface area contributed by atoms with Crippen molar-refractivity contribution in [3.8, 4) is 0 Å². The summed E-state index contributed by atoms with van der Waals surface area (Å²) in [5.41, 5.74) is 3.65. The molecule has 0 atom stereocenters. The van der Waals surface area contributed by atoms with Gasteiger partial charge in [-0.2, -0.15) is 0 Å². The fourth-order valence-electron chi connectivity index (χ4n) is 3.33. The van der Waals surface area contributed by atoms with E-state index < -0.39 is 0 Å². The van der Waals surface area contributed by atoms with Gasteiger partial charge >= 0.3 is 0 Å². The molecule has 2 aromatic carbocycles. The van der Waals surface area contributed by atoms with Crippen molar-refractivity contribution in [3.05, 3.63) is 69.8 Å². The first-order valence-electron chi connectivity index (χ1n) is 9.40. The number of hydrogen-bond donors (Lipinski definition) is 1. The lowest BCUT2D eigenvalue weighted by molar-refractivity contribution is 0.598. The Bertz CT molecular complexity index is 854. The van der Waals surface area contributed by atoms with Crippen LogP contribution in [0.4, 0.5) is 0 Å². The highest BCUT2D eigenvalue weighted by atomic mass is 35.5. The van der Waals surface area contributed by atoms with Gasteiger partial charge in [0.1, 0.15) is 0 Å². The number of fused-ring (bicyclic) bond motifs is 1. The fraction of sp³-hybridized carbons (Fsp3) is 0.364. The molecule has 1 heterocycles. The number of hydrogen-bond acceptors (Lipinski definition) is 1. The van der Waals surface area contributed by atoms with Crippen LogP contribution in [0.2, 0.25) is 10.0 Å². The Kier molecular flexibility index (Phi) is 7.01. The van der Waals surface area contributed by atoms with Gasteiger partial charge < -0.3 is 9.88 Å². The van der Waals surface area contributed by atoms with Crippen LogP contribution in [0.1, 0.15) is 43.7 Å². The molecule has 4 heteroatoms. The Morgan fingerprint density at radius 1 is 0.962 bits per heavy atom. The van der Waals surface area contributed by atoms with Crippen molar-refractivity contribution >= 4 is 34.1 Å². The van der Waals surface area contributed by atoms with E-state index in [4.69, 9.17) is 23.2 Å². The van der Waals surface area contributed by atoms with Crippen molar-refractivity contribution in [1.82, 2.24) is 9.88 Å². The predicted molar refractivity (Wildman–Crippen MR) is 113 cm³/mol. The molecule has 0 saturated carbocycles. The van der Waals surface area contributed by atoms with E-state index in [9.17, 15) is 0 Å². The molecule has 3 aromatic rings. The van der Waals surface area contributed by atoms with E-state index in [1.165, 1.54) is 42.1 Å². The molecule has 138 valence electrons. The molecule has 0 fully saturated rings. The zero-order valence-corrected chi connectivity index (χ0v) is 16.8. The molecule has 3 rings (SSSR count). The summed E-state index contributed by atoms with van der Waals surface area (Å²) < 4.78 is 2.28. The number of aromatic nitrogens is 1. The van der Waals surface area contributed by atoms with Gasteiger partial charge in [-0.3, -0.25) is 0 Å². The molecular formula is C22H26Cl2N2. The molecule has 0 bridgehead atoms. The Morgan fingerprint density at radius 2 is 1.81 bits per heavy atom. The second-order valence-corrected chi connectivity index (χ2v) is 7.62. The molecule has 26 heavy (non-hydrogen) atoms. The topological polar surface area (TPSA) is 17.0 Å². The maximum atomic E-state index is 6.37. The molecule has 0 saturated heterocycles. The van der Waals surface area contributed by atoms with E-state index in [1.54, 1.807) is 0 Å². The molecule has 0 unspecified atom stereocenters. The van der Waals surface area contributed by atoms with Crippen LogP contribution in [0.3, 0.4) is 0 Å². The van der Waals surface area contributed by atoms with E-state index >= 15 is 0 Å². The van der Waals surface area contributed by atoms with Gasteiger partial charge in [0, 0.05) is 40.2 Å². The van der Waals surface area contributed by atoms with Crippen molar-refractivity contribution in [3.63, 3.8) is 0 Å². The zero-order valence-electron chi connectivity index (χ0n) is 15.3. The lowest BCUT2D eigenvalue weighted by Gasteiger charge is -2.08. The normalized spacial score (nSPS) is 11.3. The minimum atomic E-state index is 0.670. The fourth-order valence-corrected chi connectivity index (χ4v) is 3.80. The van der Waals surface area contributed by atoms with Crippen molar-refractivity contribution < 1.29 is 0 Å². The Hall–Kier alpha value is -1.48. The van der Waals surface area contributed by atoms with E-state index in [0.717, 1.165) is 25.2 Å². The number of nitrogens with one attached hydrogen (secondary N) is 1. The van der Waals surface area contributed by atoms with Gasteiger partial charge in [-0.15, -0.1) is 0 Å². The smallest absolute Gasteiger partial charge is 0.0491 e. The lowest BCUT2D eigenvalue weighted by Crippen LogP contribution is -2.14. The summed E-state index contributed by atoms with van der Waals surface area (Å²) in [7, 11) is 0. The molecule has 1 aromatic heterocycles. The van der Waals surface area contributed by atoms with Crippen LogP contribution in [0.15, 0.2) is 48.7 Å². The maximum absolute atomic E-state index is 6.37. The quantitative estimate of drug-likeness (QED) is 0.405. The molecule has 0 aliphatic heterocycles. The first-order chi connectivity index (χ1) is 12.7. The molecule has 1 N–H and O–H groups in total. The molecule has 0 radical (unpaired) electrons. The molecule has 0 aliphatic carbocycles. The number of nitrogens with zero attached hydrogens (tertiary/aromatic N) is 1. The van der Waals surface area contributed by atoms with Crippen molar-refractivity contribution in [2.75, 3.05) is 6.54 Å². The second-order valence-electron chi connectivity index (χ2n) is 6.77. The Morgan fingerprint density at radius 3 is 2.62 bits per heavy atom. The van der Waals surface area contributed by atoms with Crippen molar-refractivity contribution in [2.24, 2.45) is 0 Å². The highest BCUT2D eigenvalue weighted by molar-refractivity contribution is 6.35. The molecule has 0 amide bonds. The molecular weight excluding hydrogens is 363 g/mol. The first-order valence-corrected chi connectivity index (χ1v) is 10.2. The van der Waals surface area contributed by atoms with Crippen molar-refractivity contribution in [2.45, 2.75) is 45.7 Å². The largest absolute Gasteiger partial charge is 0.343 e. The minimum Gasteiger partial charge on any atom is -0.343 e. The van der Waals surface area contributed by atoms with Gasteiger partial charge in [0.2, 0.25) is 0 Å². The predicted octanol–water partition coefficient (Wildman–Crippen LogP) is 6.67. The second kappa shape index (κ2) is 9.45. The maximum Gasteiger partial charge on any atom is 0.0491 e. The third-order valence-electron chi connectivity index (χ3n) is 4.75. The summed E-state index contributed by atoms with van der Waals surface area (Å²) >= 11 is 12.4. The summed E-state index contributed by atoms with van der Waals surface area (Å²) in [4.78, 5) is 0. The van der Waals surface area contributed by atoms with E-state index in [-0.39, 0.29) is 0 Å². The van der Waals surface area contributed by atoms with Crippen LogP contribution in [0.5, 0.6) is 0 Å². The first kappa shape index (κ1) is 19.3. The van der Waals surface area contributed by atoms with Crippen LogP contribution in [0, 0.1) is 0 Å². The number of unbranched alkanes of at least 4 members (excludes halogenated alkanes) is 3. The van der Waals surface area contributed by atoms with Crippen LogP contribution in [0.25, 0.3) is 10.9 Å². The van der Waals surface area contributed by atoms with Gasteiger partial charge in [0.25, 0.3) is 0 Å². The number of benzene rings is 2. The highest BCUT2D eigenvalue weighted by Gasteiger charge is 2.10. The standard InChI is InChI=1S/C22H26Cl2N2/c1-2-3-4-7-12-25-14-18-16-26(22-9-6-5-8-20(18)22)15-17-10-11-19(23)13-21(17)24/h5-6,8-11,13,16,25H,2-4,7,12,14-15H2,1H3. The van der Waals surface area contributed by atoms with Crippen LogP contribution >= 0.6 is 23.2 Å². The summed E-state index contributed by atoms with van der Waals surface area (Å²) in [5.74, 6) is 0. The summed E-state index contributed by atoms with van der Waals surface area (Å²) in [5, 5.41) is 6.28. The summed E-state index contributed by atoms with van der Waals surface area (Å²) in [6.07, 6.45) is 7.39. The monoisotopic (exact) mass is 388 g/mol. The van der Waals surface area contributed by atoms with E-state index in [1.807, 2.05) is 18.2 Å². The average molecular weight is 389 g/mol. The third kappa shape index (κ3) is 4.82. The van der Waals surface area contributed by atoms with Gasteiger partial charge in [0.15, 0.2) is 0 Å². The number of para-hydroxylation sites is 1. The molecule has 0 aliphatic rings. The van der Waals surface area contributed by atoms with Gasteiger partial charge in [-0.05, 0) is 42.3 Å². The average Bonchev–Trinajstić information content (AvgIpc) is 2.98. The van der Waals surface area contributed by atoms with Gasteiger partial charge in [0.05, 0.1) is 0 Å². The molecule has 2 nitrogen and oxygen atoms in total. The zero-order chi connectivity index (χ0) is 18.4. The lowest BCUT2D eigenvalue weighted by atomic mass is 10.1. The minimum absolute atomic E-state index is 0.670. The summed E-state index contributed by atoms with van der Waals surface area (Å²) in [6, 6.07) is 14.3. The summed E-state index contributed by atoms with van der Waals surface area (Å²) in [6.45, 7) is 4.96. The highest BCUT2D eigenvalue weighted by Crippen LogP contribution is 2.26. The Balaban J connectivity index is 1.74.